The molecule has 0 spiro atoms. The average Bonchev–Trinajstić information content (AvgIpc) is 2.49. The van der Waals surface area contributed by atoms with Gasteiger partial charge in [-0.15, -0.1) is 0 Å². The van der Waals surface area contributed by atoms with Gasteiger partial charge in [-0.2, -0.15) is 0 Å². The molecule has 2 amide bonds. The Kier molecular flexibility index (Phi) is 5.51. The first-order valence-electron chi connectivity index (χ1n) is 6.35. The van der Waals surface area contributed by atoms with Gasteiger partial charge in [-0.1, -0.05) is 46.3 Å². The van der Waals surface area contributed by atoms with E-state index in [1.807, 2.05) is 24.3 Å². The molecule has 0 atom stereocenters. The van der Waals surface area contributed by atoms with Crippen molar-refractivity contribution >= 4 is 28.0 Å². The Morgan fingerprint density at radius 1 is 1.14 bits per heavy atom. The second-order valence-electron chi connectivity index (χ2n) is 4.31. The second kappa shape index (κ2) is 7.59. The second-order valence-corrected chi connectivity index (χ2v) is 5.16. The Bertz CT molecular complexity index is 641. The van der Waals surface area contributed by atoms with Crippen molar-refractivity contribution < 1.29 is 9.18 Å². The zero-order chi connectivity index (χ0) is 15.1. The van der Waals surface area contributed by atoms with Gasteiger partial charge in [0.1, 0.15) is 5.82 Å². The molecule has 2 aromatic rings. The van der Waals surface area contributed by atoms with Crippen LogP contribution in [0.5, 0.6) is 0 Å². The smallest absolute Gasteiger partial charge is 0.319 e. The van der Waals surface area contributed by atoms with Crippen LogP contribution in [0.4, 0.5) is 9.18 Å². The van der Waals surface area contributed by atoms with Gasteiger partial charge in [0.2, 0.25) is 0 Å². The number of benzene rings is 2. The molecular formula is C16H14BrFN2O. The van der Waals surface area contributed by atoms with Gasteiger partial charge < -0.3 is 10.6 Å². The maximum absolute atomic E-state index is 12.7. The first-order chi connectivity index (χ1) is 10.1. The lowest BCUT2D eigenvalue weighted by Gasteiger charge is -2.05. The summed E-state index contributed by atoms with van der Waals surface area (Å²) in [5.41, 5.74) is 1.80. The summed E-state index contributed by atoms with van der Waals surface area (Å²) >= 11 is 3.42. The van der Waals surface area contributed by atoms with Gasteiger partial charge in [0.25, 0.3) is 0 Å². The number of hydrogen-bond acceptors (Lipinski definition) is 1. The van der Waals surface area contributed by atoms with Crippen LogP contribution in [-0.2, 0) is 6.54 Å². The fourth-order valence-electron chi connectivity index (χ4n) is 1.65. The average molecular weight is 349 g/mol. The number of halogens is 2. The van der Waals surface area contributed by atoms with Gasteiger partial charge in [0.05, 0.1) is 0 Å². The van der Waals surface area contributed by atoms with E-state index < -0.39 is 0 Å². The van der Waals surface area contributed by atoms with Crippen molar-refractivity contribution in [3.8, 4) is 0 Å². The van der Waals surface area contributed by atoms with Crippen LogP contribution in [0.1, 0.15) is 11.1 Å². The lowest BCUT2D eigenvalue weighted by molar-refractivity contribution is 0.244. The lowest BCUT2D eigenvalue weighted by atomic mass is 10.2. The van der Waals surface area contributed by atoms with E-state index in [-0.39, 0.29) is 11.8 Å². The minimum Gasteiger partial charge on any atom is -0.334 e. The summed E-state index contributed by atoms with van der Waals surface area (Å²) in [6.07, 6.45) is 3.36. The molecule has 0 fully saturated rings. The molecule has 0 aliphatic carbocycles. The summed E-state index contributed by atoms with van der Waals surface area (Å²) in [5.74, 6) is -0.292. The van der Waals surface area contributed by atoms with Gasteiger partial charge in [0.15, 0.2) is 0 Å². The number of nitrogens with one attached hydrogen (secondary N) is 2. The maximum Gasteiger partial charge on any atom is 0.319 e. The number of carbonyl (C=O) groups excluding carboxylic acids is 1. The topological polar surface area (TPSA) is 41.1 Å². The first kappa shape index (κ1) is 15.3. The summed E-state index contributed by atoms with van der Waals surface area (Å²) in [5, 5.41) is 5.30. The summed E-state index contributed by atoms with van der Waals surface area (Å²) < 4.78 is 13.7. The van der Waals surface area contributed by atoms with E-state index in [4.69, 9.17) is 0 Å². The molecule has 0 bridgehead atoms. The molecule has 21 heavy (non-hydrogen) atoms. The van der Waals surface area contributed by atoms with Crippen LogP contribution < -0.4 is 10.6 Å². The zero-order valence-corrected chi connectivity index (χ0v) is 12.7. The largest absolute Gasteiger partial charge is 0.334 e. The van der Waals surface area contributed by atoms with Crippen molar-refractivity contribution in [1.29, 1.82) is 0 Å². The van der Waals surface area contributed by atoms with Gasteiger partial charge in [-0.3, -0.25) is 0 Å². The van der Waals surface area contributed by atoms with Crippen molar-refractivity contribution in [3.63, 3.8) is 0 Å². The van der Waals surface area contributed by atoms with Crippen molar-refractivity contribution in [1.82, 2.24) is 10.6 Å². The van der Waals surface area contributed by atoms with E-state index in [0.717, 1.165) is 15.6 Å². The third kappa shape index (κ3) is 5.04. The molecule has 2 rings (SSSR count). The third-order valence-corrected chi connectivity index (χ3v) is 3.47. The van der Waals surface area contributed by atoms with Crippen LogP contribution in [0.3, 0.4) is 0 Å². The Morgan fingerprint density at radius 2 is 1.86 bits per heavy atom. The minimum absolute atomic E-state index is 0.292. The zero-order valence-electron chi connectivity index (χ0n) is 11.1. The van der Waals surface area contributed by atoms with Crippen LogP contribution in [-0.4, -0.2) is 6.03 Å². The molecule has 2 aromatic carbocycles. The van der Waals surface area contributed by atoms with E-state index in [9.17, 15) is 9.18 Å². The summed E-state index contributed by atoms with van der Waals surface area (Å²) in [4.78, 5) is 11.6. The highest BCUT2D eigenvalue weighted by atomic mass is 79.9. The van der Waals surface area contributed by atoms with Crippen molar-refractivity contribution in [3.05, 3.63) is 76.1 Å². The Labute approximate surface area is 131 Å². The van der Waals surface area contributed by atoms with Crippen LogP contribution in [0.2, 0.25) is 0 Å². The van der Waals surface area contributed by atoms with Gasteiger partial charge >= 0.3 is 6.03 Å². The number of hydrogen-bond donors (Lipinski definition) is 2. The highest BCUT2D eigenvalue weighted by Crippen LogP contribution is 2.16. The van der Waals surface area contributed by atoms with E-state index in [0.29, 0.717) is 6.54 Å². The number of urea groups is 1. The van der Waals surface area contributed by atoms with Gasteiger partial charge in [-0.05, 0) is 35.4 Å². The van der Waals surface area contributed by atoms with Crippen molar-refractivity contribution in [2.45, 2.75) is 6.54 Å². The Hall–Kier alpha value is -2.14. The van der Waals surface area contributed by atoms with Crippen LogP contribution in [0.25, 0.3) is 6.08 Å². The van der Waals surface area contributed by atoms with Crippen molar-refractivity contribution in [2.75, 3.05) is 0 Å². The minimum atomic E-state index is -0.317. The van der Waals surface area contributed by atoms with Crippen molar-refractivity contribution in [2.24, 2.45) is 0 Å². The van der Waals surface area contributed by atoms with Crippen LogP contribution in [0.15, 0.2) is 59.2 Å². The summed E-state index contributed by atoms with van der Waals surface area (Å²) in [7, 11) is 0. The Balaban J connectivity index is 1.80. The summed E-state index contributed by atoms with van der Waals surface area (Å²) in [6.45, 7) is 0.342. The molecule has 0 saturated heterocycles. The Morgan fingerprint density at radius 3 is 2.57 bits per heavy atom. The molecule has 0 unspecified atom stereocenters. The van der Waals surface area contributed by atoms with E-state index >= 15 is 0 Å². The fourth-order valence-corrected chi connectivity index (χ4v) is 2.07. The highest BCUT2D eigenvalue weighted by molar-refractivity contribution is 9.10. The monoisotopic (exact) mass is 348 g/mol. The number of amides is 2. The molecule has 3 nitrogen and oxygen atoms in total. The standard InChI is InChI=1S/C16H14BrFN2O/c17-15-4-2-1-3-13(15)9-10-19-16(21)20-11-12-5-7-14(18)8-6-12/h1-10H,11H2,(H2,19,20,21)/b10-9+. The molecular weight excluding hydrogens is 335 g/mol. The van der Waals surface area contributed by atoms with Crippen LogP contribution in [0, 0.1) is 5.82 Å². The SMILES string of the molecule is O=C(N/C=C/c1ccccc1Br)NCc1ccc(F)cc1. The quantitative estimate of drug-likeness (QED) is 0.859. The molecule has 0 aliphatic heterocycles. The third-order valence-electron chi connectivity index (χ3n) is 2.75. The number of carbonyl (C=O) groups is 1. The normalized spacial score (nSPS) is 10.6. The molecule has 0 heterocycles. The molecule has 0 aliphatic rings. The summed E-state index contributed by atoms with van der Waals surface area (Å²) in [6, 6.07) is 13.4. The van der Waals surface area contributed by atoms with E-state index in [1.165, 1.54) is 12.1 Å². The van der Waals surface area contributed by atoms with E-state index in [2.05, 4.69) is 26.6 Å². The van der Waals surface area contributed by atoms with E-state index in [1.54, 1.807) is 24.4 Å². The predicted octanol–water partition coefficient (Wildman–Crippen LogP) is 4.06. The molecule has 5 heteroatoms. The molecule has 108 valence electrons. The van der Waals surface area contributed by atoms with Gasteiger partial charge in [-0.25, -0.2) is 9.18 Å². The molecule has 0 radical (unpaired) electrons. The first-order valence-corrected chi connectivity index (χ1v) is 7.14. The predicted molar refractivity (Wildman–Crippen MR) is 84.9 cm³/mol. The lowest BCUT2D eigenvalue weighted by Crippen LogP contribution is -2.31. The number of rotatable bonds is 4. The molecule has 2 N–H and O–H groups in total. The van der Waals surface area contributed by atoms with Crippen LogP contribution >= 0.6 is 15.9 Å². The van der Waals surface area contributed by atoms with Gasteiger partial charge in [0, 0.05) is 17.2 Å². The fraction of sp³-hybridized carbons (Fsp3) is 0.0625. The highest BCUT2D eigenvalue weighted by Gasteiger charge is 1.99. The maximum atomic E-state index is 12.7. The molecule has 0 aromatic heterocycles. The molecule has 0 saturated carbocycles.